The van der Waals surface area contributed by atoms with Crippen LogP contribution in [0.3, 0.4) is 0 Å². The van der Waals surface area contributed by atoms with Crippen LogP contribution in [-0.4, -0.2) is 10.9 Å². The summed E-state index contributed by atoms with van der Waals surface area (Å²) in [6, 6.07) is 20.9. The highest BCUT2D eigenvalue weighted by Gasteiger charge is 2.10. The highest BCUT2D eigenvalue weighted by Crippen LogP contribution is 2.12. The van der Waals surface area contributed by atoms with E-state index in [4.69, 9.17) is 0 Å². The van der Waals surface area contributed by atoms with Gasteiger partial charge in [0.15, 0.2) is 0 Å². The third-order valence-corrected chi connectivity index (χ3v) is 3.83. The van der Waals surface area contributed by atoms with Gasteiger partial charge in [-0.1, -0.05) is 30.0 Å². The van der Waals surface area contributed by atoms with Crippen molar-refractivity contribution in [3.05, 3.63) is 101 Å². The number of hydrogen-bond donors (Lipinski definition) is 1. The van der Waals surface area contributed by atoms with Gasteiger partial charge >= 0.3 is 0 Å². The summed E-state index contributed by atoms with van der Waals surface area (Å²) in [6.07, 6.45) is 3.44. The summed E-state index contributed by atoms with van der Waals surface area (Å²) in [4.78, 5) is 16.3. The monoisotopic (exact) mass is 326 g/mol. The maximum Gasteiger partial charge on any atom is 0.251 e. The molecule has 25 heavy (non-hydrogen) atoms. The Bertz CT molecular complexity index is 892. The Morgan fingerprint density at radius 2 is 1.48 bits per heavy atom. The fourth-order valence-corrected chi connectivity index (χ4v) is 2.39. The van der Waals surface area contributed by atoms with Gasteiger partial charge in [-0.3, -0.25) is 9.78 Å². The third kappa shape index (κ3) is 4.55. The molecule has 0 saturated carbocycles. The lowest BCUT2D eigenvalue weighted by atomic mass is 10.1. The average molecular weight is 326 g/mol. The number of amides is 1. The van der Waals surface area contributed by atoms with Gasteiger partial charge in [0.1, 0.15) is 0 Å². The number of pyridine rings is 1. The van der Waals surface area contributed by atoms with E-state index in [0.29, 0.717) is 5.56 Å². The molecule has 0 fully saturated rings. The summed E-state index contributed by atoms with van der Waals surface area (Å²) < 4.78 is 0. The van der Waals surface area contributed by atoms with E-state index in [-0.39, 0.29) is 11.9 Å². The van der Waals surface area contributed by atoms with Crippen molar-refractivity contribution in [3.8, 4) is 11.8 Å². The normalized spacial score (nSPS) is 11.1. The average Bonchev–Trinajstić information content (AvgIpc) is 2.68. The van der Waals surface area contributed by atoms with Crippen molar-refractivity contribution in [2.24, 2.45) is 0 Å². The molecule has 0 aliphatic rings. The van der Waals surface area contributed by atoms with Gasteiger partial charge in [-0.2, -0.15) is 0 Å². The molecule has 1 N–H and O–H groups in total. The number of nitrogens with zero attached hydrogens (tertiary/aromatic N) is 1. The van der Waals surface area contributed by atoms with Crippen molar-refractivity contribution in [1.29, 1.82) is 0 Å². The number of benzene rings is 2. The summed E-state index contributed by atoms with van der Waals surface area (Å²) in [5, 5.41) is 2.99. The molecule has 3 heteroatoms. The summed E-state index contributed by atoms with van der Waals surface area (Å²) >= 11 is 0. The minimum absolute atomic E-state index is 0.0759. The van der Waals surface area contributed by atoms with E-state index in [2.05, 4.69) is 22.1 Å². The zero-order valence-corrected chi connectivity index (χ0v) is 13.9. The van der Waals surface area contributed by atoms with Crippen LogP contribution < -0.4 is 5.32 Å². The van der Waals surface area contributed by atoms with Crippen LogP contribution in [0, 0.1) is 11.8 Å². The quantitative estimate of drug-likeness (QED) is 0.740. The van der Waals surface area contributed by atoms with E-state index in [1.54, 1.807) is 24.5 Å². The van der Waals surface area contributed by atoms with Crippen LogP contribution >= 0.6 is 0 Å². The number of carbonyl (C=O) groups is 1. The lowest BCUT2D eigenvalue weighted by Crippen LogP contribution is -2.26. The first-order chi connectivity index (χ1) is 12.2. The van der Waals surface area contributed by atoms with Crippen LogP contribution in [0.4, 0.5) is 0 Å². The highest BCUT2D eigenvalue weighted by atomic mass is 16.1. The minimum atomic E-state index is -0.105. The maximum absolute atomic E-state index is 12.4. The maximum atomic E-state index is 12.4. The third-order valence-electron chi connectivity index (χ3n) is 3.83. The van der Waals surface area contributed by atoms with Gasteiger partial charge in [0.2, 0.25) is 0 Å². The summed E-state index contributed by atoms with van der Waals surface area (Å²) in [6.45, 7) is 1.95. The van der Waals surface area contributed by atoms with Crippen LogP contribution in [0.15, 0.2) is 79.1 Å². The highest BCUT2D eigenvalue weighted by molar-refractivity contribution is 5.94. The Kier molecular flexibility index (Phi) is 5.23. The van der Waals surface area contributed by atoms with Crippen molar-refractivity contribution in [1.82, 2.24) is 10.3 Å². The number of rotatable bonds is 3. The molecule has 2 aromatic carbocycles. The molecular weight excluding hydrogens is 308 g/mol. The molecule has 1 unspecified atom stereocenters. The molecule has 0 saturated heterocycles. The molecule has 0 aliphatic heterocycles. The predicted octanol–water partition coefficient (Wildman–Crippen LogP) is 3.97. The van der Waals surface area contributed by atoms with E-state index in [1.165, 1.54) is 0 Å². The van der Waals surface area contributed by atoms with Crippen molar-refractivity contribution in [2.75, 3.05) is 0 Å². The van der Waals surface area contributed by atoms with Crippen molar-refractivity contribution in [2.45, 2.75) is 13.0 Å². The fourth-order valence-electron chi connectivity index (χ4n) is 2.39. The molecule has 1 amide bonds. The van der Waals surface area contributed by atoms with E-state index in [9.17, 15) is 4.79 Å². The number of hydrogen-bond acceptors (Lipinski definition) is 2. The van der Waals surface area contributed by atoms with E-state index in [1.807, 2.05) is 61.5 Å². The molecule has 1 atom stereocenters. The Morgan fingerprint density at radius 3 is 2.12 bits per heavy atom. The summed E-state index contributed by atoms with van der Waals surface area (Å²) in [7, 11) is 0. The first-order valence-electron chi connectivity index (χ1n) is 8.10. The summed E-state index contributed by atoms with van der Waals surface area (Å²) in [5.74, 6) is 6.11. The van der Waals surface area contributed by atoms with Gasteiger partial charge in [0.05, 0.1) is 6.04 Å². The molecule has 3 nitrogen and oxygen atoms in total. The smallest absolute Gasteiger partial charge is 0.251 e. The van der Waals surface area contributed by atoms with Gasteiger partial charge in [0, 0.05) is 29.1 Å². The van der Waals surface area contributed by atoms with Gasteiger partial charge in [-0.15, -0.1) is 0 Å². The molecule has 3 aromatic rings. The predicted molar refractivity (Wildman–Crippen MR) is 99.0 cm³/mol. The largest absolute Gasteiger partial charge is 0.346 e. The van der Waals surface area contributed by atoms with Crippen molar-refractivity contribution in [3.63, 3.8) is 0 Å². The van der Waals surface area contributed by atoms with Crippen LogP contribution in [0.5, 0.6) is 0 Å². The van der Waals surface area contributed by atoms with Crippen LogP contribution in [0.25, 0.3) is 0 Å². The second kappa shape index (κ2) is 7.94. The number of aromatic nitrogens is 1. The van der Waals surface area contributed by atoms with E-state index >= 15 is 0 Å². The topological polar surface area (TPSA) is 42.0 Å². The van der Waals surface area contributed by atoms with Crippen molar-refractivity contribution >= 4 is 5.91 Å². The second-order valence-electron chi connectivity index (χ2n) is 5.67. The minimum Gasteiger partial charge on any atom is -0.346 e. The van der Waals surface area contributed by atoms with E-state index in [0.717, 1.165) is 16.7 Å². The van der Waals surface area contributed by atoms with Crippen molar-refractivity contribution < 1.29 is 4.79 Å². The molecule has 0 bridgehead atoms. The van der Waals surface area contributed by atoms with Crippen LogP contribution in [-0.2, 0) is 0 Å². The van der Waals surface area contributed by atoms with Crippen LogP contribution in [0.2, 0.25) is 0 Å². The number of nitrogens with one attached hydrogen (secondary N) is 1. The molecule has 1 heterocycles. The van der Waals surface area contributed by atoms with Crippen LogP contribution in [0.1, 0.15) is 40.0 Å². The molecule has 0 radical (unpaired) electrons. The Hall–Kier alpha value is -3.38. The van der Waals surface area contributed by atoms with Gasteiger partial charge in [-0.25, -0.2) is 0 Å². The Balaban J connectivity index is 1.66. The Labute approximate surface area is 147 Å². The lowest BCUT2D eigenvalue weighted by molar-refractivity contribution is 0.0940. The Morgan fingerprint density at radius 1 is 0.880 bits per heavy atom. The molecule has 1 aromatic heterocycles. The summed E-state index contributed by atoms with van der Waals surface area (Å²) in [5.41, 5.74) is 3.48. The lowest BCUT2D eigenvalue weighted by Gasteiger charge is -2.14. The fraction of sp³-hybridized carbons (Fsp3) is 0.0909. The molecule has 122 valence electrons. The van der Waals surface area contributed by atoms with Gasteiger partial charge in [-0.05, 0) is 61.0 Å². The SMILES string of the molecule is CC(NC(=O)c1ccc(C#Cc2ccccc2)cc1)c1ccncc1. The standard InChI is InChI=1S/C22H18N2O/c1-17(20-13-15-23-16-14-20)24-22(25)21-11-9-19(10-12-21)8-7-18-5-3-2-4-6-18/h2-6,9-17H,1H3,(H,24,25). The second-order valence-corrected chi connectivity index (χ2v) is 5.67. The molecular formula is C22H18N2O. The zero-order valence-electron chi connectivity index (χ0n) is 13.9. The molecule has 0 aliphatic carbocycles. The number of carbonyl (C=O) groups excluding carboxylic acids is 1. The van der Waals surface area contributed by atoms with Gasteiger partial charge in [0.25, 0.3) is 5.91 Å². The molecule has 3 rings (SSSR count). The van der Waals surface area contributed by atoms with E-state index < -0.39 is 0 Å². The van der Waals surface area contributed by atoms with Gasteiger partial charge < -0.3 is 5.32 Å². The first-order valence-corrected chi connectivity index (χ1v) is 8.10. The first kappa shape index (κ1) is 16.5. The zero-order chi connectivity index (χ0) is 17.5. The molecule has 0 spiro atoms.